The van der Waals surface area contributed by atoms with Gasteiger partial charge in [-0.15, -0.1) is 0 Å². The van der Waals surface area contributed by atoms with Crippen LogP contribution in [0.25, 0.3) is 0 Å². The van der Waals surface area contributed by atoms with E-state index in [1.54, 1.807) is 55.6 Å². The summed E-state index contributed by atoms with van der Waals surface area (Å²) in [5.74, 6) is -4.26. The van der Waals surface area contributed by atoms with Gasteiger partial charge in [-0.25, -0.2) is 0 Å². The average Bonchev–Trinajstić information content (AvgIpc) is 3.13. The molecular weight excluding hydrogens is 734 g/mol. The van der Waals surface area contributed by atoms with Gasteiger partial charge in [0, 0.05) is 38.4 Å². The molecule has 16 nitrogen and oxygen atoms in total. The molecule has 0 spiro atoms. The summed E-state index contributed by atoms with van der Waals surface area (Å²) >= 11 is 0. The van der Waals surface area contributed by atoms with E-state index >= 15 is 0 Å². The Kier molecular flexibility index (Phi) is 18.0. The second-order valence-electron chi connectivity index (χ2n) is 17.2. The zero-order valence-corrected chi connectivity index (χ0v) is 35.9. The lowest BCUT2D eigenvalue weighted by Gasteiger charge is -2.48. The van der Waals surface area contributed by atoms with Gasteiger partial charge in [-0.3, -0.25) is 4.79 Å². The third-order valence-electron chi connectivity index (χ3n) is 12.3. The molecule has 328 valence electrons. The summed E-state index contributed by atoms with van der Waals surface area (Å²) in [6.45, 7) is 19.2. The third kappa shape index (κ3) is 11.6. The van der Waals surface area contributed by atoms with Crippen molar-refractivity contribution in [2.75, 3.05) is 34.2 Å². The standard InChI is InChI=1S/C40H73NO15/c1-14-28-40(11,47)33(43)24(5)30(41-51-20-50-16-15-48-12)22(3)18-38(9,46)35(56-37-31(42)21(2)17-23(4)52-37)25(6)32(26(7)36(45)54-28)55-29-19-39(10,49-13)34(44)27(8)53-29/h21-29,31-35,37,42-44,46-47H,14-20H2,1-13H3/b41-30+/t21-,22+,23+,24-,25-,26+,27-,28+,29?,31+,32-,33+,34-,35+,37-,38+,39+,40+/m0/s1. The van der Waals surface area contributed by atoms with Crippen LogP contribution in [0.4, 0.5) is 0 Å². The van der Waals surface area contributed by atoms with Crippen LogP contribution in [0.3, 0.4) is 0 Å². The number of oxime groups is 1. The molecule has 3 heterocycles. The van der Waals surface area contributed by atoms with Gasteiger partial charge in [-0.2, -0.15) is 0 Å². The second kappa shape index (κ2) is 20.6. The van der Waals surface area contributed by atoms with Gasteiger partial charge < -0.3 is 68.3 Å². The van der Waals surface area contributed by atoms with Crippen molar-refractivity contribution in [2.24, 2.45) is 34.7 Å². The molecule has 18 atom stereocenters. The number of carbonyl (C=O) groups excluding carboxylic acids is 1. The van der Waals surface area contributed by atoms with E-state index in [2.05, 4.69) is 5.16 Å². The Balaban J connectivity index is 2.20. The van der Waals surface area contributed by atoms with Gasteiger partial charge in [0.05, 0.1) is 66.6 Å². The number of hydrogen-bond acceptors (Lipinski definition) is 16. The molecule has 0 aliphatic carbocycles. The molecule has 16 heteroatoms. The number of ether oxygens (including phenoxy) is 8. The normalized spacial score (nSPS) is 46.9. The molecule has 1 unspecified atom stereocenters. The molecule has 3 aliphatic rings. The number of aliphatic hydroxyl groups is 5. The highest BCUT2D eigenvalue weighted by atomic mass is 16.7. The van der Waals surface area contributed by atoms with E-state index in [0.29, 0.717) is 18.7 Å². The van der Waals surface area contributed by atoms with E-state index in [0.717, 1.165) is 0 Å². The Labute approximate surface area is 333 Å². The van der Waals surface area contributed by atoms with Crippen molar-refractivity contribution in [2.45, 2.75) is 180 Å². The van der Waals surface area contributed by atoms with Crippen molar-refractivity contribution in [3.8, 4) is 0 Å². The summed E-state index contributed by atoms with van der Waals surface area (Å²) in [7, 11) is 3.04. The topological polar surface area (TPSA) is 214 Å². The van der Waals surface area contributed by atoms with Crippen LogP contribution in [0.1, 0.15) is 102 Å². The zero-order chi connectivity index (χ0) is 42.3. The molecule has 56 heavy (non-hydrogen) atoms. The second-order valence-corrected chi connectivity index (χ2v) is 17.2. The first kappa shape index (κ1) is 48.8. The van der Waals surface area contributed by atoms with Crippen molar-refractivity contribution in [1.82, 2.24) is 0 Å². The highest BCUT2D eigenvalue weighted by molar-refractivity contribution is 5.88. The number of cyclic esters (lactones) is 1. The number of methoxy groups -OCH3 is 2. The van der Waals surface area contributed by atoms with Crippen LogP contribution < -0.4 is 0 Å². The van der Waals surface area contributed by atoms with Gasteiger partial charge >= 0.3 is 5.97 Å². The van der Waals surface area contributed by atoms with E-state index in [-0.39, 0.29) is 44.7 Å². The van der Waals surface area contributed by atoms with Crippen LogP contribution in [-0.2, 0) is 47.5 Å². The lowest BCUT2D eigenvalue weighted by molar-refractivity contribution is -0.317. The quantitative estimate of drug-likeness (QED) is 0.0830. The SMILES string of the molecule is CC[C@H]1OC(=O)[C@H](C)[C@@H](OC2C[C@@](C)(OC)[C@@H](O)[C@H](C)O2)[C@H](C)[C@@H](O[C@@H]2O[C@H](C)C[C@H](C)[C@H]2O)[C@](C)(O)C[C@@H](C)/C(=N\OCOCCOC)[C@H](C)[C@@H](O)[C@]1(C)O. The van der Waals surface area contributed by atoms with Crippen molar-refractivity contribution < 1.29 is 73.1 Å². The molecule has 3 saturated heterocycles. The lowest BCUT2D eigenvalue weighted by Crippen LogP contribution is -2.60. The van der Waals surface area contributed by atoms with Crippen molar-refractivity contribution in [3.05, 3.63) is 0 Å². The maximum absolute atomic E-state index is 14.3. The lowest BCUT2D eigenvalue weighted by atomic mass is 9.73. The number of carbonyl (C=O) groups is 1. The molecule has 3 aliphatic heterocycles. The molecule has 0 aromatic rings. The van der Waals surface area contributed by atoms with Crippen molar-refractivity contribution in [3.63, 3.8) is 0 Å². The number of hydrogen-bond donors (Lipinski definition) is 5. The summed E-state index contributed by atoms with van der Waals surface area (Å²) in [6, 6.07) is 0. The van der Waals surface area contributed by atoms with Crippen LogP contribution in [-0.4, -0.2) is 150 Å². The molecule has 0 aromatic carbocycles. The van der Waals surface area contributed by atoms with Crippen molar-refractivity contribution in [1.29, 1.82) is 0 Å². The van der Waals surface area contributed by atoms with Crippen LogP contribution in [0.2, 0.25) is 0 Å². The van der Waals surface area contributed by atoms with E-state index in [1.165, 1.54) is 14.0 Å². The van der Waals surface area contributed by atoms with Gasteiger partial charge in [0.1, 0.15) is 23.9 Å². The monoisotopic (exact) mass is 807 g/mol. The number of aliphatic hydroxyl groups excluding tert-OH is 3. The Morgan fingerprint density at radius 2 is 1.54 bits per heavy atom. The summed E-state index contributed by atoms with van der Waals surface area (Å²) in [5.41, 5.74) is -4.45. The molecule has 0 amide bonds. The minimum Gasteiger partial charge on any atom is -0.459 e. The number of esters is 1. The Hall–Kier alpha value is -1.54. The maximum atomic E-state index is 14.3. The molecule has 5 N–H and O–H groups in total. The minimum atomic E-state index is -1.96. The fourth-order valence-electron chi connectivity index (χ4n) is 8.69. The Morgan fingerprint density at radius 1 is 0.875 bits per heavy atom. The first-order valence-electron chi connectivity index (χ1n) is 20.2. The summed E-state index contributed by atoms with van der Waals surface area (Å²) < 4.78 is 47.9. The Bertz CT molecular complexity index is 1250. The molecule has 0 bridgehead atoms. The van der Waals surface area contributed by atoms with E-state index in [4.69, 9.17) is 42.7 Å². The Morgan fingerprint density at radius 3 is 2.14 bits per heavy atom. The van der Waals surface area contributed by atoms with Crippen LogP contribution in [0.15, 0.2) is 5.16 Å². The molecular formula is C40H73NO15. The maximum Gasteiger partial charge on any atom is 0.311 e. The van der Waals surface area contributed by atoms with E-state index < -0.39 is 102 Å². The molecule has 0 radical (unpaired) electrons. The van der Waals surface area contributed by atoms with Crippen LogP contribution in [0.5, 0.6) is 0 Å². The predicted molar refractivity (Wildman–Crippen MR) is 204 cm³/mol. The number of rotatable bonds is 12. The zero-order valence-electron chi connectivity index (χ0n) is 35.9. The van der Waals surface area contributed by atoms with E-state index in [9.17, 15) is 30.3 Å². The molecule has 0 aromatic heterocycles. The van der Waals surface area contributed by atoms with Crippen LogP contribution >= 0.6 is 0 Å². The van der Waals surface area contributed by atoms with Crippen LogP contribution in [0, 0.1) is 29.6 Å². The average molecular weight is 808 g/mol. The smallest absolute Gasteiger partial charge is 0.311 e. The fourth-order valence-corrected chi connectivity index (χ4v) is 8.69. The summed E-state index contributed by atoms with van der Waals surface area (Å²) in [5, 5.41) is 63.0. The first-order chi connectivity index (χ1) is 26.1. The summed E-state index contributed by atoms with van der Waals surface area (Å²) in [4.78, 5) is 19.8. The molecule has 3 rings (SSSR count). The van der Waals surface area contributed by atoms with Gasteiger partial charge in [0.15, 0.2) is 12.6 Å². The van der Waals surface area contributed by atoms with Crippen molar-refractivity contribution >= 4 is 11.7 Å². The van der Waals surface area contributed by atoms with Gasteiger partial charge in [-0.05, 0) is 66.7 Å². The van der Waals surface area contributed by atoms with Gasteiger partial charge in [0.2, 0.25) is 6.79 Å². The largest absolute Gasteiger partial charge is 0.459 e. The third-order valence-corrected chi connectivity index (χ3v) is 12.3. The summed E-state index contributed by atoms with van der Waals surface area (Å²) in [6.07, 6.45) is -9.13. The van der Waals surface area contributed by atoms with Gasteiger partial charge in [-0.1, -0.05) is 39.8 Å². The highest BCUT2D eigenvalue weighted by Crippen LogP contribution is 2.41. The predicted octanol–water partition coefficient (Wildman–Crippen LogP) is 2.92. The fraction of sp³-hybridized carbons (Fsp3) is 0.950. The van der Waals surface area contributed by atoms with Gasteiger partial charge in [0.25, 0.3) is 0 Å². The highest BCUT2D eigenvalue weighted by Gasteiger charge is 2.53. The number of nitrogens with zero attached hydrogens (tertiary/aromatic N) is 1. The molecule has 3 fully saturated rings. The minimum absolute atomic E-state index is 0.0183. The first-order valence-corrected chi connectivity index (χ1v) is 20.2. The molecule has 0 saturated carbocycles. The van der Waals surface area contributed by atoms with E-state index in [1.807, 2.05) is 20.8 Å².